The molecule has 4 heterocycles. The summed E-state index contributed by atoms with van der Waals surface area (Å²) in [5.74, 6) is 1.44. The van der Waals surface area contributed by atoms with Gasteiger partial charge in [0.05, 0.1) is 17.7 Å². The summed E-state index contributed by atoms with van der Waals surface area (Å²) in [6, 6.07) is 2.36. The second-order valence-electron chi connectivity index (χ2n) is 6.61. The van der Waals surface area contributed by atoms with Crippen molar-refractivity contribution < 1.29 is 9.32 Å². The summed E-state index contributed by atoms with van der Waals surface area (Å²) in [5.41, 5.74) is 1.22. The zero-order valence-electron chi connectivity index (χ0n) is 14.1. The maximum atomic E-state index is 12.3. The molecule has 1 atom stereocenters. The highest BCUT2D eigenvalue weighted by molar-refractivity contribution is 5.80. The van der Waals surface area contributed by atoms with Gasteiger partial charge < -0.3 is 9.42 Å². The Balaban J connectivity index is 1.33. The van der Waals surface area contributed by atoms with Gasteiger partial charge in [0.25, 0.3) is 0 Å². The fourth-order valence-electron chi connectivity index (χ4n) is 3.61. The van der Waals surface area contributed by atoms with E-state index in [9.17, 15) is 4.79 Å². The van der Waals surface area contributed by atoms with Gasteiger partial charge in [0, 0.05) is 45.3 Å². The van der Waals surface area contributed by atoms with E-state index in [0.717, 1.165) is 26.2 Å². The van der Waals surface area contributed by atoms with Gasteiger partial charge in [-0.1, -0.05) is 5.16 Å². The van der Waals surface area contributed by atoms with E-state index in [-0.39, 0.29) is 11.8 Å². The Morgan fingerprint density at radius 1 is 1.33 bits per heavy atom. The first-order chi connectivity index (χ1) is 11.6. The third kappa shape index (κ3) is 2.71. The summed E-state index contributed by atoms with van der Waals surface area (Å²) >= 11 is 0. The highest BCUT2D eigenvalue weighted by atomic mass is 16.5. The van der Waals surface area contributed by atoms with Crippen LogP contribution in [0.15, 0.2) is 16.8 Å². The Morgan fingerprint density at radius 3 is 2.88 bits per heavy atom. The van der Waals surface area contributed by atoms with Gasteiger partial charge in [-0.3, -0.25) is 14.4 Å². The third-order valence-corrected chi connectivity index (χ3v) is 4.92. The molecule has 1 amide bonds. The molecular formula is C16H22N6O2. The molecule has 0 aliphatic carbocycles. The van der Waals surface area contributed by atoms with Crippen molar-refractivity contribution >= 4 is 5.91 Å². The fraction of sp³-hybridized carbons (Fsp3) is 0.625. The number of carbonyl (C=O) groups excluding carboxylic acids is 1. The topological polar surface area (TPSA) is 80.3 Å². The van der Waals surface area contributed by atoms with Gasteiger partial charge in [-0.2, -0.15) is 10.1 Å². The van der Waals surface area contributed by atoms with E-state index < -0.39 is 0 Å². The van der Waals surface area contributed by atoms with Crippen LogP contribution in [-0.4, -0.2) is 61.3 Å². The zero-order chi connectivity index (χ0) is 16.7. The van der Waals surface area contributed by atoms with Crippen LogP contribution in [0.4, 0.5) is 0 Å². The molecule has 1 unspecified atom stereocenters. The predicted octanol–water partition coefficient (Wildman–Crippen LogP) is 0.795. The highest BCUT2D eigenvalue weighted by Gasteiger charge is 2.42. The van der Waals surface area contributed by atoms with Crippen LogP contribution in [0.2, 0.25) is 0 Å². The molecule has 0 saturated carbocycles. The van der Waals surface area contributed by atoms with Gasteiger partial charge in [-0.25, -0.2) is 0 Å². The molecule has 2 aliphatic rings. The molecule has 2 aliphatic heterocycles. The van der Waals surface area contributed by atoms with Crippen LogP contribution in [0.1, 0.15) is 36.7 Å². The standard InChI is InChI=1S/C16H22N6O2/c1-3-22-13(4-5-17-22)8-20-9-14(10-20)21-7-12(6-15(21)23)16-18-11(2)19-24-16/h4-5,12,14H,3,6-10H2,1-2H3. The summed E-state index contributed by atoms with van der Waals surface area (Å²) in [4.78, 5) is 20.9. The Hall–Kier alpha value is -2.22. The second-order valence-corrected chi connectivity index (χ2v) is 6.61. The van der Waals surface area contributed by atoms with Crippen LogP contribution in [0.25, 0.3) is 0 Å². The van der Waals surface area contributed by atoms with Crippen molar-refractivity contribution in [3.8, 4) is 0 Å². The molecule has 24 heavy (non-hydrogen) atoms. The average Bonchev–Trinajstić information content (AvgIpc) is 3.22. The first-order valence-corrected chi connectivity index (χ1v) is 8.46. The lowest BCUT2D eigenvalue weighted by atomic mass is 10.1. The molecule has 0 spiro atoms. The van der Waals surface area contributed by atoms with Gasteiger partial charge in [0.15, 0.2) is 5.82 Å². The van der Waals surface area contributed by atoms with Gasteiger partial charge in [0.2, 0.25) is 11.8 Å². The van der Waals surface area contributed by atoms with Crippen LogP contribution >= 0.6 is 0 Å². The number of hydrogen-bond acceptors (Lipinski definition) is 6. The Bertz CT molecular complexity index is 733. The van der Waals surface area contributed by atoms with Crippen LogP contribution in [0.5, 0.6) is 0 Å². The molecule has 8 heteroatoms. The molecule has 2 saturated heterocycles. The molecule has 0 bridgehead atoms. The molecule has 2 aromatic heterocycles. The lowest BCUT2D eigenvalue weighted by Gasteiger charge is -2.44. The number of nitrogens with zero attached hydrogens (tertiary/aromatic N) is 6. The van der Waals surface area contributed by atoms with Crippen LogP contribution in [0.3, 0.4) is 0 Å². The van der Waals surface area contributed by atoms with Crippen molar-refractivity contribution in [2.75, 3.05) is 19.6 Å². The third-order valence-electron chi connectivity index (χ3n) is 4.92. The van der Waals surface area contributed by atoms with Gasteiger partial charge in [0.1, 0.15) is 0 Å². The lowest BCUT2D eigenvalue weighted by molar-refractivity contribution is -0.133. The molecule has 0 aromatic carbocycles. The molecule has 0 radical (unpaired) electrons. The number of aryl methyl sites for hydroxylation is 2. The number of amides is 1. The molecule has 0 N–H and O–H groups in total. The lowest BCUT2D eigenvalue weighted by Crippen LogP contribution is -2.59. The molecule has 4 rings (SSSR count). The van der Waals surface area contributed by atoms with Crippen molar-refractivity contribution in [3.05, 3.63) is 29.7 Å². The fourth-order valence-corrected chi connectivity index (χ4v) is 3.61. The number of hydrogen-bond donors (Lipinski definition) is 0. The van der Waals surface area contributed by atoms with Crippen LogP contribution in [-0.2, 0) is 17.9 Å². The van der Waals surface area contributed by atoms with Crippen molar-refractivity contribution in [2.45, 2.75) is 45.3 Å². The van der Waals surface area contributed by atoms with Crippen molar-refractivity contribution in [3.63, 3.8) is 0 Å². The van der Waals surface area contributed by atoms with E-state index in [2.05, 4.69) is 33.1 Å². The maximum Gasteiger partial charge on any atom is 0.232 e. The van der Waals surface area contributed by atoms with E-state index in [1.54, 1.807) is 6.92 Å². The first kappa shape index (κ1) is 15.3. The SMILES string of the molecule is CCn1nccc1CN1CC(N2CC(c3nc(C)no3)CC2=O)C1. The van der Waals surface area contributed by atoms with Gasteiger partial charge in [-0.15, -0.1) is 0 Å². The number of rotatable bonds is 5. The largest absolute Gasteiger partial charge is 0.339 e. The summed E-state index contributed by atoms with van der Waals surface area (Å²) in [6.07, 6.45) is 2.32. The Labute approximate surface area is 140 Å². The molecule has 2 aromatic rings. The Kier molecular flexibility index (Phi) is 3.84. The van der Waals surface area contributed by atoms with Gasteiger partial charge >= 0.3 is 0 Å². The summed E-state index contributed by atoms with van der Waals surface area (Å²) in [5, 5.41) is 8.13. The minimum absolute atomic E-state index is 0.0364. The van der Waals surface area contributed by atoms with Crippen molar-refractivity contribution in [2.24, 2.45) is 0 Å². The zero-order valence-corrected chi connectivity index (χ0v) is 14.1. The summed E-state index contributed by atoms with van der Waals surface area (Å²) < 4.78 is 7.25. The summed E-state index contributed by atoms with van der Waals surface area (Å²) in [6.45, 7) is 8.18. The van der Waals surface area contributed by atoms with Crippen molar-refractivity contribution in [1.29, 1.82) is 0 Å². The maximum absolute atomic E-state index is 12.3. The van der Waals surface area contributed by atoms with E-state index >= 15 is 0 Å². The predicted molar refractivity (Wildman–Crippen MR) is 85.1 cm³/mol. The van der Waals surface area contributed by atoms with E-state index in [0.29, 0.717) is 30.7 Å². The van der Waals surface area contributed by atoms with E-state index in [1.807, 2.05) is 15.8 Å². The number of carbonyl (C=O) groups is 1. The summed E-state index contributed by atoms with van der Waals surface area (Å²) in [7, 11) is 0. The minimum atomic E-state index is 0.0364. The van der Waals surface area contributed by atoms with Crippen LogP contribution in [0, 0.1) is 6.92 Å². The van der Waals surface area contributed by atoms with Crippen LogP contribution < -0.4 is 0 Å². The quantitative estimate of drug-likeness (QED) is 0.806. The number of likely N-dealkylation sites (tertiary alicyclic amines) is 2. The molecular weight excluding hydrogens is 308 g/mol. The first-order valence-electron chi connectivity index (χ1n) is 8.46. The molecule has 128 valence electrons. The molecule has 2 fully saturated rings. The van der Waals surface area contributed by atoms with Crippen molar-refractivity contribution in [1.82, 2.24) is 29.7 Å². The van der Waals surface area contributed by atoms with E-state index in [1.165, 1.54) is 5.69 Å². The highest BCUT2D eigenvalue weighted by Crippen LogP contribution is 2.31. The normalized spacial score (nSPS) is 22.3. The second kappa shape index (κ2) is 6.01. The smallest absolute Gasteiger partial charge is 0.232 e. The molecule has 8 nitrogen and oxygen atoms in total. The number of aromatic nitrogens is 4. The minimum Gasteiger partial charge on any atom is -0.339 e. The van der Waals surface area contributed by atoms with E-state index in [4.69, 9.17) is 4.52 Å². The van der Waals surface area contributed by atoms with Gasteiger partial charge in [-0.05, 0) is 19.9 Å². The Morgan fingerprint density at radius 2 is 2.17 bits per heavy atom. The monoisotopic (exact) mass is 330 g/mol. The average molecular weight is 330 g/mol.